The Morgan fingerprint density at radius 3 is 1.85 bits per heavy atom. The van der Waals surface area contributed by atoms with Crippen LogP contribution >= 0.6 is 11.3 Å². The van der Waals surface area contributed by atoms with Crippen LogP contribution in [0, 0.1) is 0 Å². The van der Waals surface area contributed by atoms with Crippen molar-refractivity contribution in [1.82, 2.24) is 9.97 Å². The number of rotatable bonds is 4. The number of hydrogen-bond acceptors (Lipinski definition) is 3. The van der Waals surface area contributed by atoms with Gasteiger partial charge in [0, 0.05) is 42.3 Å². The van der Waals surface area contributed by atoms with E-state index in [9.17, 15) is 0 Å². The molecule has 3 heteroatoms. The van der Waals surface area contributed by atoms with Gasteiger partial charge in [-0.05, 0) is 91.3 Å². The second-order valence-electron chi connectivity index (χ2n) is 15.0. The molecule has 2 nitrogen and oxygen atoms in total. The largest absolute Gasteiger partial charge is 0.228 e. The molecule has 8 aromatic carbocycles. The van der Waals surface area contributed by atoms with E-state index in [-0.39, 0.29) is 5.41 Å². The molecule has 0 saturated heterocycles. The van der Waals surface area contributed by atoms with E-state index in [0.717, 1.165) is 33.9 Å². The summed E-state index contributed by atoms with van der Waals surface area (Å²) in [5, 5.41) is 7.54. The number of fused-ring (bicyclic) bond motifs is 8. The van der Waals surface area contributed by atoms with Gasteiger partial charge in [0.2, 0.25) is 0 Å². The molecular weight excluding hydrogens is 673 g/mol. The Bertz CT molecular complexity index is 3130. The molecule has 254 valence electrons. The first-order valence-corrected chi connectivity index (χ1v) is 19.4. The number of thiophene rings is 1. The summed E-state index contributed by atoms with van der Waals surface area (Å²) < 4.78 is 2.56. The Hall–Kier alpha value is -6.42. The average molecular weight is 707 g/mol. The minimum absolute atomic E-state index is 0.0676. The van der Waals surface area contributed by atoms with Crippen molar-refractivity contribution in [2.75, 3.05) is 0 Å². The molecule has 2 aromatic heterocycles. The van der Waals surface area contributed by atoms with E-state index in [1.165, 1.54) is 75.1 Å². The van der Waals surface area contributed by atoms with E-state index in [1.54, 1.807) is 0 Å². The van der Waals surface area contributed by atoms with E-state index in [0.29, 0.717) is 0 Å². The number of hydrogen-bond donors (Lipinski definition) is 0. The summed E-state index contributed by atoms with van der Waals surface area (Å²) in [5.41, 5.74) is 12.8. The van der Waals surface area contributed by atoms with Crippen LogP contribution in [0.2, 0.25) is 0 Å². The van der Waals surface area contributed by atoms with E-state index >= 15 is 0 Å². The van der Waals surface area contributed by atoms with Crippen molar-refractivity contribution in [2.24, 2.45) is 0 Å². The molecule has 0 spiro atoms. The Labute approximate surface area is 318 Å². The summed E-state index contributed by atoms with van der Waals surface area (Å²) >= 11 is 1.83. The third kappa shape index (κ3) is 4.79. The topological polar surface area (TPSA) is 25.8 Å². The average Bonchev–Trinajstić information content (AvgIpc) is 3.70. The molecule has 0 saturated carbocycles. The lowest BCUT2D eigenvalue weighted by Gasteiger charge is -2.22. The van der Waals surface area contributed by atoms with Gasteiger partial charge in [-0.1, -0.05) is 147 Å². The van der Waals surface area contributed by atoms with Crippen LogP contribution in [0.5, 0.6) is 0 Å². The fourth-order valence-electron chi connectivity index (χ4n) is 8.71. The van der Waals surface area contributed by atoms with E-state index in [2.05, 4.69) is 178 Å². The van der Waals surface area contributed by atoms with Gasteiger partial charge in [-0.25, -0.2) is 9.97 Å². The van der Waals surface area contributed by atoms with Gasteiger partial charge in [-0.3, -0.25) is 0 Å². The zero-order valence-corrected chi connectivity index (χ0v) is 30.8. The second-order valence-corrected chi connectivity index (χ2v) is 16.1. The van der Waals surface area contributed by atoms with Crippen molar-refractivity contribution in [3.05, 3.63) is 181 Å². The van der Waals surface area contributed by atoms with Crippen LogP contribution in [0.1, 0.15) is 25.0 Å². The maximum absolute atomic E-state index is 5.25. The predicted molar refractivity (Wildman–Crippen MR) is 229 cm³/mol. The minimum Gasteiger partial charge on any atom is -0.228 e. The SMILES string of the molecule is CC1(C)c2ccc(-c3ccc(-c4cc(-c5ccc6c(c5)sc5ccccc56)nc(-c5ccccc5)n4)c4ccccc34)cc2-c2cc3ccccc3cc21. The second kappa shape index (κ2) is 11.8. The Morgan fingerprint density at radius 1 is 0.389 bits per heavy atom. The van der Waals surface area contributed by atoms with E-state index in [4.69, 9.17) is 9.97 Å². The van der Waals surface area contributed by atoms with Crippen LogP contribution in [0.4, 0.5) is 0 Å². The maximum Gasteiger partial charge on any atom is 0.160 e. The molecule has 1 aliphatic carbocycles. The van der Waals surface area contributed by atoms with Gasteiger partial charge in [0.15, 0.2) is 5.82 Å². The lowest BCUT2D eigenvalue weighted by Crippen LogP contribution is -2.14. The van der Waals surface area contributed by atoms with Crippen LogP contribution in [0.3, 0.4) is 0 Å². The summed E-state index contributed by atoms with van der Waals surface area (Å²) in [4.78, 5) is 10.4. The van der Waals surface area contributed by atoms with Gasteiger partial charge in [-0.2, -0.15) is 0 Å². The van der Waals surface area contributed by atoms with Crippen LogP contribution in [-0.2, 0) is 5.41 Å². The Morgan fingerprint density at radius 2 is 1.02 bits per heavy atom. The van der Waals surface area contributed by atoms with Gasteiger partial charge in [0.25, 0.3) is 0 Å². The number of aromatic nitrogens is 2. The molecule has 0 amide bonds. The first-order valence-electron chi connectivity index (χ1n) is 18.6. The quantitative estimate of drug-likeness (QED) is 0.182. The molecule has 11 rings (SSSR count). The molecule has 0 aliphatic heterocycles. The highest BCUT2D eigenvalue weighted by Crippen LogP contribution is 2.51. The van der Waals surface area contributed by atoms with Crippen molar-refractivity contribution in [3.8, 4) is 56.2 Å². The van der Waals surface area contributed by atoms with Gasteiger partial charge >= 0.3 is 0 Å². The van der Waals surface area contributed by atoms with Crippen molar-refractivity contribution in [2.45, 2.75) is 19.3 Å². The number of nitrogens with zero attached hydrogens (tertiary/aromatic N) is 2. The predicted octanol–water partition coefficient (Wildman–Crippen LogP) is 14.1. The molecule has 0 unspecified atom stereocenters. The summed E-state index contributed by atoms with van der Waals surface area (Å²) in [6.07, 6.45) is 0. The molecule has 0 atom stereocenters. The van der Waals surface area contributed by atoms with Crippen LogP contribution < -0.4 is 0 Å². The zero-order valence-electron chi connectivity index (χ0n) is 30.0. The molecule has 2 heterocycles. The summed E-state index contributed by atoms with van der Waals surface area (Å²) in [7, 11) is 0. The third-order valence-electron chi connectivity index (χ3n) is 11.5. The van der Waals surface area contributed by atoms with Crippen LogP contribution in [-0.4, -0.2) is 9.97 Å². The highest BCUT2D eigenvalue weighted by atomic mass is 32.1. The first kappa shape index (κ1) is 31.1. The van der Waals surface area contributed by atoms with E-state index < -0.39 is 0 Å². The Balaban J connectivity index is 1.07. The van der Waals surface area contributed by atoms with Crippen molar-refractivity contribution in [3.63, 3.8) is 0 Å². The van der Waals surface area contributed by atoms with Gasteiger partial charge < -0.3 is 0 Å². The lowest BCUT2D eigenvalue weighted by molar-refractivity contribution is 0.661. The molecule has 0 bridgehead atoms. The molecule has 0 N–H and O–H groups in total. The molecule has 0 radical (unpaired) electrons. The number of benzene rings is 8. The normalized spacial score (nSPS) is 13.1. The highest BCUT2D eigenvalue weighted by Gasteiger charge is 2.36. The van der Waals surface area contributed by atoms with Crippen molar-refractivity contribution >= 4 is 53.1 Å². The molecule has 54 heavy (non-hydrogen) atoms. The summed E-state index contributed by atoms with van der Waals surface area (Å²) in [5.74, 6) is 0.722. The lowest BCUT2D eigenvalue weighted by atomic mass is 9.81. The molecular formula is C51H34N2S. The Kier molecular flexibility index (Phi) is 6.80. The van der Waals surface area contributed by atoms with Crippen LogP contribution in [0.15, 0.2) is 170 Å². The van der Waals surface area contributed by atoms with Gasteiger partial charge in [-0.15, -0.1) is 11.3 Å². The van der Waals surface area contributed by atoms with E-state index in [1.807, 2.05) is 17.4 Å². The minimum atomic E-state index is -0.0676. The van der Waals surface area contributed by atoms with Gasteiger partial charge in [0.05, 0.1) is 11.4 Å². The molecule has 1 aliphatic rings. The maximum atomic E-state index is 5.25. The van der Waals surface area contributed by atoms with Gasteiger partial charge in [0.1, 0.15) is 0 Å². The smallest absolute Gasteiger partial charge is 0.160 e. The van der Waals surface area contributed by atoms with Crippen LogP contribution in [0.25, 0.3) is 97.9 Å². The third-order valence-corrected chi connectivity index (χ3v) is 12.6. The van der Waals surface area contributed by atoms with Crippen molar-refractivity contribution < 1.29 is 0 Å². The molecule has 0 fully saturated rings. The summed E-state index contributed by atoms with van der Waals surface area (Å²) in [6.45, 7) is 4.72. The summed E-state index contributed by atoms with van der Waals surface area (Å²) in [6, 6.07) is 61.8. The standard InChI is InChI=1S/C51H34N2S/c1-51(2)44-25-21-34(27-42(44)43-26-32-14-6-7-15-33(32)28-45(43)51)36-23-24-39(38-17-9-8-16-37(36)38)47-30-46(52-50(53-47)31-12-4-3-5-13-31)35-20-22-41-40-18-10-11-19-48(40)54-49(41)29-35/h3-30H,1-2H3. The van der Waals surface area contributed by atoms with Crippen molar-refractivity contribution in [1.29, 1.82) is 0 Å². The molecule has 10 aromatic rings. The fraction of sp³-hybridized carbons (Fsp3) is 0.0588. The fourth-order valence-corrected chi connectivity index (χ4v) is 9.86. The first-order chi connectivity index (χ1) is 26.5. The highest BCUT2D eigenvalue weighted by molar-refractivity contribution is 7.25. The zero-order chi connectivity index (χ0) is 36.0. The monoisotopic (exact) mass is 706 g/mol.